The van der Waals surface area contributed by atoms with Crippen LogP contribution in [-0.4, -0.2) is 39.3 Å². The summed E-state index contributed by atoms with van der Waals surface area (Å²) in [5.74, 6) is 2.30. The molecule has 0 unspecified atom stereocenters. The van der Waals surface area contributed by atoms with Crippen LogP contribution in [0.3, 0.4) is 0 Å². The van der Waals surface area contributed by atoms with Gasteiger partial charge < -0.3 is 25.3 Å². The van der Waals surface area contributed by atoms with Gasteiger partial charge in [0, 0.05) is 42.9 Å². The Balaban J connectivity index is 1.51. The van der Waals surface area contributed by atoms with Crippen molar-refractivity contribution in [1.82, 2.24) is 25.1 Å². The van der Waals surface area contributed by atoms with Crippen LogP contribution < -0.4 is 15.8 Å². The normalized spacial score (nSPS) is 11.9. The lowest BCUT2D eigenvalue weighted by atomic mass is 10.0. The molecule has 0 spiro atoms. The van der Waals surface area contributed by atoms with Gasteiger partial charge in [-0.1, -0.05) is 60.7 Å². The van der Waals surface area contributed by atoms with Crippen molar-refractivity contribution in [2.75, 3.05) is 13.7 Å². The quantitative estimate of drug-likeness (QED) is 0.226. The summed E-state index contributed by atoms with van der Waals surface area (Å²) in [4.78, 5) is 16.2. The number of aromatic amines is 1. The summed E-state index contributed by atoms with van der Waals surface area (Å²) in [7, 11) is 1.66. The first kappa shape index (κ1) is 26.2. The van der Waals surface area contributed by atoms with E-state index in [4.69, 9.17) is 10.5 Å². The Morgan fingerprint density at radius 3 is 2.51 bits per heavy atom. The number of ether oxygens (including phenoxy) is 1. The molecule has 0 saturated carbocycles. The highest BCUT2D eigenvalue weighted by Crippen LogP contribution is 2.26. The number of nitrogens with one attached hydrogen (secondary N) is 2. The number of para-hydroxylation sites is 1. The minimum atomic E-state index is -0.375. The molecule has 5 aromatic rings. The zero-order chi connectivity index (χ0) is 27.0. The number of nitrogens with two attached hydrogens (primary N) is 1. The largest absolute Gasteiger partial charge is 0.497 e. The number of aromatic nitrogens is 4. The van der Waals surface area contributed by atoms with E-state index >= 15 is 0 Å². The number of rotatable bonds is 12. The third-order valence-electron chi connectivity index (χ3n) is 6.95. The maximum absolute atomic E-state index is 12.8. The van der Waals surface area contributed by atoms with Crippen LogP contribution in [0, 0.1) is 0 Å². The maximum atomic E-state index is 12.8. The van der Waals surface area contributed by atoms with Crippen LogP contribution in [0.2, 0.25) is 0 Å². The first-order valence-corrected chi connectivity index (χ1v) is 13.3. The Hall–Kier alpha value is -4.43. The zero-order valence-electron chi connectivity index (χ0n) is 22.1. The van der Waals surface area contributed by atoms with Crippen LogP contribution in [-0.2, 0) is 30.6 Å². The van der Waals surface area contributed by atoms with Gasteiger partial charge in [-0.05, 0) is 41.3 Å². The van der Waals surface area contributed by atoms with Crippen molar-refractivity contribution in [3.05, 3.63) is 113 Å². The molecule has 0 aliphatic heterocycles. The van der Waals surface area contributed by atoms with Gasteiger partial charge in [-0.2, -0.15) is 0 Å². The lowest BCUT2D eigenvalue weighted by Gasteiger charge is -2.20. The molecule has 0 aliphatic carbocycles. The highest BCUT2D eigenvalue weighted by molar-refractivity contribution is 5.83. The second-order valence-corrected chi connectivity index (χ2v) is 9.62. The van der Waals surface area contributed by atoms with Crippen molar-refractivity contribution in [1.29, 1.82) is 0 Å². The number of fused-ring (bicyclic) bond motifs is 1. The van der Waals surface area contributed by atoms with E-state index in [-0.39, 0.29) is 24.9 Å². The van der Waals surface area contributed by atoms with Gasteiger partial charge in [0.15, 0.2) is 5.82 Å². The van der Waals surface area contributed by atoms with Crippen molar-refractivity contribution in [2.24, 2.45) is 5.73 Å². The fourth-order valence-corrected chi connectivity index (χ4v) is 4.90. The molecule has 1 atom stereocenters. The van der Waals surface area contributed by atoms with Crippen LogP contribution in [0.1, 0.15) is 40.8 Å². The predicted molar refractivity (Wildman–Crippen MR) is 153 cm³/mol. The van der Waals surface area contributed by atoms with Crippen LogP contribution in [0.25, 0.3) is 10.9 Å². The van der Waals surface area contributed by atoms with Gasteiger partial charge in [0.25, 0.3) is 0 Å². The van der Waals surface area contributed by atoms with E-state index in [0.29, 0.717) is 13.0 Å². The smallest absolute Gasteiger partial charge is 0.221 e. The van der Waals surface area contributed by atoms with E-state index in [1.807, 2.05) is 60.8 Å². The van der Waals surface area contributed by atoms with E-state index in [2.05, 4.69) is 49.3 Å². The minimum absolute atomic E-state index is 0.104. The Bertz CT molecular complexity index is 1510. The van der Waals surface area contributed by atoms with Crippen molar-refractivity contribution < 1.29 is 9.53 Å². The molecule has 0 saturated heterocycles. The number of nitrogens with zero attached hydrogens (tertiary/aromatic N) is 3. The monoisotopic (exact) mass is 522 g/mol. The van der Waals surface area contributed by atoms with Crippen LogP contribution >= 0.6 is 0 Å². The molecule has 5 rings (SSSR count). The molecule has 4 N–H and O–H groups in total. The molecule has 2 aromatic heterocycles. The minimum Gasteiger partial charge on any atom is -0.497 e. The topological polar surface area (TPSA) is 111 Å². The summed E-state index contributed by atoms with van der Waals surface area (Å²) >= 11 is 0. The third-order valence-corrected chi connectivity index (χ3v) is 6.95. The van der Waals surface area contributed by atoms with Gasteiger partial charge in [-0.3, -0.25) is 4.79 Å². The number of carbonyl (C=O) groups is 1. The molecule has 200 valence electrons. The van der Waals surface area contributed by atoms with Crippen LogP contribution in [0.4, 0.5) is 0 Å². The maximum Gasteiger partial charge on any atom is 0.221 e. The Labute approximate surface area is 228 Å². The van der Waals surface area contributed by atoms with E-state index in [1.54, 1.807) is 7.11 Å². The summed E-state index contributed by atoms with van der Waals surface area (Å²) in [5, 5.41) is 13.6. The highest BCUT2D eigenvalue weighted by atomic mass is 16.5. The van der Waals surface area contributed by atoms with Crippen molar-refractivity contribution >= 4 is 16.8 Å². The number of amides is 1. The van der Waals surface area contributed by atoms with Gasteiger partial charge in [0.2, 0.25) is 5.91 Å². The van der Waals surface area contributed by atoms with Gasteiger partial charge >= 0.3 is 0 Å². The number of H-pyrrole nitrogens is 1. The molecule has 8 heteroatoms. The number of carbonyl (C=O) groups excluding carboxylic acids is 1. The first-order valence-electron chi connectivity index (χ1n) is 13.3. The van der Waals surface area contributed by atoms with E-state index in [0.717, 1.165) is 52.3 Å². The number of hydrogen-bond donors (Lipinski definition) is 3. The number of hydrogen-bond acceptors (Lipinski definition) is 5. The molecule has 2 heterocycles. The Morgan fingerprint density at radius 1 is 0.974 bits per heavy atom. The zero-order valence-corrected chi connectivity index (χ0v) is 22.1. The van der Waals surface area contributed by atoms with Gasteiger partial charge in [-0.25, -0.2) is 0 Å². The second kappa shape index (κ2) is 12.4. The fourth-order valence-electron chi connectivity index (χ4n) is 4.90. The summed E-state index contributed by atoms with van der Waals surface area (Å²) in [6, 6.07) is 26.2. The second-order valence-electron chi connectivity index (χ2n) is 9.62. The summed E-state index contributed by atoms with van der Waals surface area (Å²) < 4.78 is 7.49. The molecular formula is C31H34N6O2. The predicted octanol–water partition coefficient (Wildman–Crippen LogP) is 4.35. The van der Waals surface area contributed by atoms with Crippen molar-refractivity contribution in [3.63, 3.8) is 0 Å². The van der Waals surface area contributed by atoms with Crippen molar-refractivity contribution in [3.8, 4) is 5.75 Å². The summed E-state index contributed by atoms with van der Waals surface area (Å²) in [5.41, 5.74) is 10.2. The number of benzene rings is 3. The standard InChI is InChI=1S/C31H34N6O2/c1-39-25-14-11-23(12-15-25)21-37-29(16-13-22-7-3-2-4-8-22)35-36-31(37)28(34-30(38)17-18-32)19-24-20-33-27-10-6-5-9-26(24)27/h2-12,14-15,20,28,33H,13,16-19,21,32H2,1H3,(H,34,38)/t28-/m1/s1. The molecular weight excluding hydrogens is 488 g/mol. The number of aryl methyl sites for hydroxylation is 2. The fraction of sp³-hybridized carbons (Fsp3) is 0.258. The average Bonchev–Trinajstić information content (AvgIpc) is 3.56. The summed E-state index contributed by atoms with van der Waals surface area (Å²) in [6.07, 6.45) is 4.39. The van der Waals surface area contributed by atoms with Crippen LogP contribution in [0.5, 0.6) is 5.75 Å². The van der Waals surface area contributed by atoms with Crippen molar-refractivity contribution in [2.45, 2.75) is 38.3 Å². The third kappa shape index (κ3) is 6.35. The van der Waals surface area contributed by atoms with E-state index in [9.17, 15) is 4.79 Å². The highest BCUT2D eigenvalue weighted by Gasteiger charge is 2.25. The average molecular weight is 523 g/mol. The molecule has 0 aliphatic rings. The number of methoxy groups -OCH3 is 1. The molecule has 1 amide bonds. The molecule has 0 radical (unpaired) electrons. The Kier molecular flexibility index (Phi) is 8.33. The van der Waals surface area contributed by atoms with Gasteiger partial charge in [0.05, 0.1) is 19.7 Å². The molecule has 39 heavy (non-hydrogen) atoms. The summed E-state index contributed by atoms with van der Waals surface area (Å²) in [6.45, 7) is 0.861. The van der Waals surface area contributed by atoms with E-state index in [1.165, 1.54) is 5.56 Å². The molecule has 8 nitrogen and oxygen atoms in total. The molecule has 3 aromatic carbocycles. The molecule has 0 fully saturated rings. The molecule has 0 bridgehead atoms. The Morgan fingerprint density at radius 2 is 1.74 bits per heavy atom. The van der Waals surface area contributed by atoms with E-state index < -0.39 is 0 Å². The van der Waals surface area contributed by atoms with Crippen LogP contribution in [0.15, 0.2) is 85.1 Å². The SMILES string of the molecule is COc1ccc(Cn2c(CCc3ccccc3)nnc2[C@@H](Cc2c[nH]c3ccccc23)NC(=O)CCN)cc1. The first-order chi connectivity index (χ1) is 19.1. The van der Waals surface area contributed by atoms with Gasteiger partial charge in [-0.15, -0.1) is 10.2 Å². The lowest BCUT2D eigenvalue weighted by Crippen LogP contribution is -2.33. The lowest BCUT2D eigenvalue weighted by molar-refractivity contribution is -0.121. The van der Waals surface area contributed by atoms with Gasteiger partial charge in [0.1, 0.15) is 11.6 Å².